The molecule has 1 saturated heterocycles. The molecule has 32 heavy (non-hydrogen) atoms. The molecule has 1 heterocycles. The molecule has 0 atom stereocenters. The van der Waals surface area contributed by atoms with Gasteiger partial charge in [-0.2, -0.15) is 0 Å². The number of phenols is 1. The van der Waals surface area contributed by atoms with E-state index in [9.17, 15) is 9.90 Å². The first-order chi connectivity index (χ1) is 15.4. The van der Waals surface area contributed by atoms with Crippen LogP contribution in [0.25, 0.3) is 6.08 Å². The van der Waals surface area contributed by atoms with Crippen LogP contribution in [-0.4, -0.2) is 64.4 Å². The zero-order valence-electron chi connectivity index (χ0n) is 19.3. The van der Waals surface area contributed by atoms with E-state index in [1.165, 1.54) is 13.2 Å². The Morgan fingerprint density at radius 1 is 0.969 bits per heavy atom. The van der Waals surface area contributed by atoms with Crippen molar-refractivity contribution in [3.8, 4) is 28.7 Å². The van der Waals surface area contributed by atoms with Gasteiger partial charge in [0.05, 0.1) is 34.0 Å². The van der Waals surface area contributed by atoms with E-state index >= 15 is 0 Å². The van der Waals surface area contributed by atoms with E-state index in [1.54, 1.807) is 45.6 Å². The molecule has 0 aromatic heterocycles. The number of ketones is 1. The first-order valence-corrected chi connectivity index (χ1v) is 10.5. The van der Waals surface area contributed by atoms with Gasteiger partial charge in [-0.05, 0) is 63.2 Å². The minimum Gasteiger partial charge on any atom is -0.507 e. The Morgan fingerprint density at radius 3 is 2.06 bits per heavy atom. The summed E-state index contributed by atoms with van der Waals surface area (Å²) in [6, 6.07) is 7.06. The van der Waals surface area contributed by atoms with Gasteiger partial charge in [0.25, 0.3) is 0 Å². The molecule has 1 aliphatic rings. The lowest BCUT2D eigenvalue weighted by Gasteiger charge is -2.31. The quantitative estimate of drug-likeness (QED) is 0.487. The van der Waals surface area contributed by atoms with Crippen LogP contribution >= 0.6 is 0 Å². The van der Waals surface area contributed by atoms with Gasteiger partial charge >= 0.3 is 0 Å². The number of carbonyl (C=O) groups excluding carboxylic acids is 1. The van der Waals surface area contributed by atoms with Crippen molar-refractivity contribution in [1.29, 1.82) is 0 Å². The van der Waals surface area contributed by atoms with Gasteiger partial charge in [-0.3, -0.25) is 4.79 Å². The average molecular weight is 442 g/mol. The molecule has 0 aliphatic carbocycles. The largest absolute Gasteiger partial charge is 0.507 e. The van der Waals surface area contributed by atoms with Crippen LogP contribution in [-0.2, 0) is 0 Å². The maximum atomic E-state index is 13.2. The summed E-state index contributed by atoms with van der Waals surface area (Å²) in [6.45, 7) is 1.83. The molecule has 1 fully saturated rings. The van der Waals surface area contributed by atoms with E-state index in [4.69, 9.17) is 18.9 Å². The zero-order chi connectivity index (χ0) is 23.3. The molecule has 0 radical (unpaired) electrons. The summed E-state index contributed by atoms with van der Waals surface area (Å²) in [4.78, 5) is 15.5. The number of piperidine rings is 1. The second-order valence-corrected chi connectivity index (χ2v) is 7.77. The van der Waals surface area contributed by atoms with Gasteiger partial charge in [0, 0.05) is 11.6 Å². The summed E-state index contributed by atoms with van der Waals surface area (Å²) in [5.74, 6) is 1.56. The summed E-state index contributed by atoms with van der Waals surface area (Å²) in [7, 11) is 8.21. The van der Waals surface area contributed by atoms with E-state index < -0.39 is 0 Å². The second kappa shape index (κ2) is 10.4. The van der Waals surface area contributed by atoms with Crippen molar-refractivity contribution >= 4 is 11.9 Å². The number of rotatable bonds is 8. The van der Waals surface area contributed by atoms with Crippen LogP contribution in [0.1, 0.15) is 40.2 Å². The van der Waals surface area contributed by atoms with Crippen LogP contribution in [0, 0.1) is 0 Å². The molecule has 3 rings (SSSR count). The Kier molecular flexibility index (Phi) is 7.64. The normalized spacial score (nSPS) is 15.0. The number of aromatic hydroxyl groups is 1. The number of allylic oxidation sites excluding steroid dienone is 1. The molecular formula is C25H31NO6. The van der Waals surface area contributed by atoms with E-state index in [2.05, 4.69) is 11.9 Å². The molecule has 0 amide bonds. The molecule has 7 heteroatoms. The molecule has 0 unspecified atom stereocenters. The lowest BCUT2D eigenvalue weighted by molar-refractivity contribution is 0.104. The number of nitrogens with zero attached hydrogens (tertiary/aromatic N) is 1. The molecule has 7 nitrogen and oxygen atoms in total. The predicted octanol–water partition coefficient (Wildman–Crippen LogP) is 4.13. The van der Waals surface area contributed by atoms with Crippen molar-refractivity contribution in [1.82, 2.24) is 4.90 Å². The first-order valence-electron chi connectivity index (χ1n) is 10.5. The zero-order valence-corrected chi connectivity index (χ0v) is 19.3. The van der Waals surface area contributed by atoms with Gasteiger partial charge in [0.1, 0.15) is 34.3 Å². The molecule has 1 aliphatic heterocycles. The van der Waals surface area contributed by atoms with Crippen molar-refractivity contribution in [3.05, 3.63) is 47.0 Å². The van der Waals surface area contributed by atoms with Crippen molar-refractivity contribution in [3.63, 3.8) is 0 Å². The molecular weight excluding hydrogens is 410 g/mol. The Bertz CT molecular complexity index is 970. The van der Waals surface area contributed by atoms with E-state index in [-0.39, 0.29) is 28.8 Å². The van der Waals surface area contributed by atoms with E-state index in [1.807, 2.05) is 6.07 Å². The highest BCUT2D eigenvalue weighted by atomic mass is 16.5. The first kappa shape index (κ1) is 23.5. The summed E-state index contributed by atoms with van der Waals surface area (Å²) in [6.07, 6.45) is 4.75. The third-order valence-corrected chi connectivity index (χ3v) is 5.95. The number of phenolic OH excluding ortho intramolecular Hbond substituents is 1. The third-order valence-electron chi connectivity index (χ3n) is 5.95. The minimum atomic E-state index is -0.385. The predicted molar refractivity (Wildman–Crippen MR) is 124 cm³/mol. The molecule has 172 valence electrons. The van der Waals surface area contributed by atoms with Crippen LogP contribution in [0.3, 0.4) is 0 Å². The summed E-state index contributed by atoms with van der Waals surface area (Å²) < 4.78 is 21.8. The highest BCUT2D eigenvalue weighted by Gasteiger charge is 2.29. The lowest BCUT2D eigenvalue weighted by Crippen LogP contribution is -2.29. The van der Waals surface area contributed by atoms with Crippen LogP contribution < -0.4 is 18.9 Å². The summed E-state index contributed by atoms with van der Waals surface area (Å²) in [5.41, 5.74) is 1.41. The van der Waals surface area contributed by atoms with Crippen LogP contribution in [0.15, 0.2) is 30.3 Å². The number of hydrogen-bond acceptors (Lipinski definition) is 7. The Labute approximate surface area is 189 Å². The molecule has 1 N–H and O–H groups in total. The number of methoxy groups -OCH3 is 4. The fraction of sp³-hybridized carbons (Fsp3) is 0.400. The maximum Gasteiger partial charge on any atom is 0.193 e. The van der Waals surface area contributed by atoms with Crippen LogP contribution in [0.4, 0.5) is 0 Å². The monoisotopic (exact) mass is 441 g/mol. The van der Waals surface area contributed by atoms with E-state index in [0.29, 0.717) is 28.4 Å². The Balaban J connectivity index is 2.04. The Morgan fingerprint density at radius 2 is 1.53 bits per heavy atom. The highest BCUT2D eigenvalue weighted by molar-refractivity contribution is 6.11. The summed E-state index contributed by atoms with van der Waals surface area (Å²) in [5, 5.41) is 11.2. The fourth-order valence-electron chi connectivity index (χ4n) is 4.18. The van der Waals surface area contributed by atoms with E-state index in [0.717, 1.165) is 25.9 Å². The number of carbonyl (C=O) groups is 1. The van der Waals surface area contributed by atoms with Gasteiger partial charge in [0.15, 0.2) is 5.78 Å². The number of benzene rings is 2. The van der Waals surface area contributed by atoms with Crippen molar-refractivity contribution in [2.75, 3.05) is 48.6 Å². The number of ether oxygens (including phenoxy) is 4. The fourth-order valence-corrected chi connectivity index (χ4v) is 4.18. The average Bonchev–Trinajstić information content (AvgIpc) is 2.82. The highest BCUT2D eigenvalue weighted by Crippen LogP contribution is 2.46. The maximum absolute atomic E-state index is 13.2. The summed E-state index contributed by atoms with van der Waals surface area (Å²) >= 11 is 0. The molecule has 0 saturated carbocycles. The van der Waals surface area contributed by atoms with Gasteiger partial charge in [-0.25, -0.2) is 0 Å². The van der Waals surface area contributed by atoms with Crippen LogP contribution in [0.2, 0.25) is 0 Å². The smallest absolute Gasteiger partial charge is 0.193 e. The number of hydrogen-bond donors (Lipinski definition) is 1. The number of likely N-dealkylation sites (tertiary alicyclic amines) is 1. The molecule has 2 aromatic rings. The van der Waals surface area contributed by atoms with Crippen LogP contribution in [0.5, 0.6) is 28.7 Å². The third kappa shape index (κ3) is 4.67. The molecule has 0 spiro atoms. The lowest BCUT2D eigenvalue weighted by atomic mass is 9.86. The van der Waals surface area contributed by atoms with Crippen molar-refractivity contribution < 1.29 is 28.8 Å². The van der Waals surface area contributed by atoms with Crippen molar-refractivity contribution in [2.45, 2.75) is 18.8 Å². The van der Waals surface area contributed by atoms with Gasteiger partial charge in [-0.1, -0.05) is 6.07 Å². The standard InChI is InChI=1S/C25H31NO6/c1-26-13-11-16(12-14-26)23-21(31-4)15-22(32-5)24(25(23)28)18(27)10-9-17-19(29-2)7-6-8-20(17)30-3/h6-10,15-16,28H,11-14H2,1-5H3/b10-9+. The Hall–Kier alpha value is -3.19. The SMILES string of the molecule is COc1cccc(OC)c1/C=C/C(=O)c1c(OC)cc(OC)c(C2CCN(C)CC2)c1O. The van der Waals surface area contributed by atoms with Gasteiger partial charge in [0.2, 0.25) is 0 Å². The topological polar surface area (TPSA) is 77.5 Å². The molecule has 0 bridgehead atoms. The van der Waals surface area contributed by atoms with Gasteiger partial charge in [-0.15, -0.1) is 0 Å². The molecule has 2 aromatic carbocycles. The van der Waals surface area contributed by atoms with Crippen molar-refractivity contribution in [2.24, 2.45) is 0 Å². The van der Waals surface area contributed by atoms with Gasteiger partial charge < -0.3 is 29.0 Å². The second-order valence-electron chi connectivity index (χ2n) is 7.77. The minimum absolute atomic E-state index is 0.0857.